The maximum absolute atomic E-state index is 12.7. The van der Waals surface area contributed by atoms with Crippen molar-refractivity contribution in [3.63, 3.8) is 0 Å². The van der Waals surface area contributed by atoms with Gasteiger partial charge in [0, 0.05) is 37.9 Å². The number of pyridine rings is 2. The zero-order valence-electron chi connectivity index (χ0n) is 17.1. The normalized spacial score (nSPS) is 27.7. The molecule has 3 saturated heterocycles. The Kier molecular flexibility index (Phi) is 4.50. The predicted octanol–water partition coefficient (Wildman–Crippen LogP) is 2.58. The molecule has 31 heavy (non-hydrogen) atoms. The van der Waals surface area contributed by atoms with E-state index >= 15 is 0 Å². The van der Waals surface area contributed by atoms with Crippen molar-refractivity contribution in [2.24, 2.45) is 11.8 Å². The lowest BCUT2D eigenvalue weighted by Crippen LogP contribution is -2.48. The van der Waals surface area contributed by atoms with Crippen LogP contribution in [0.5, 0.6) is 5.75 Å². The number of rotatable bonds is 6. The summed E-state index contributed by atoms with van der Waals surface area (Å²) in [6, 6.07) is 6.39. The molecule has 2 N–H and O–H groups in total. The molecule has 1 unspecified atom stereocenters. The summed E-state index contributed by atoms with van der Waals surface area (Å²) >= 11 is 0. The summed E-state index contributed by atoms with van der Waals surface area (Å²) in [5.74, 6) is 2.63. The predicted molar refractivity (Wildman–Crippen MR) is 111 cm³/mol. The molecule has 0 aromatic carbocycles. The molecule has 0 spiro atoms. The van der Waals surface area contributed by atoms with E-state index in [0.29, 0.717) is 29.4 Å². The van der Waals surface area contributed by atoms with Gasteiger partial charge in [-0.15, -0.1) is 0 Å². The van der Waals surface area contributed by atoms with E-state index in [1.807, 2.05) is 0 Å². The number of nitrogens with zero attached hydrogens (tertiary/aromatic N) is 4. The van der Waals surface area contributed by atoms with Gasteiger partial charge in [0.2, 0.25) is 0 Å². The van der Waals surface area contributed by atoms with Crippen LogP contribution in [0.2, 0.25) is 0 Å². The van der Waals surface area contributed by atoms with Gasteiger partial charge in [0.15, 0.2) is 11.6 Å². The minimum Gasteiger partial charge on any atom is -0.431 e. The highest BCUT2D eigenvalue weighted by molar-refractivity contribution is 5.67. The van der Waals surface area contributed by atoms with Gasteiger partial charge in [-0.3, -0.25) is 4.90 Å². The summed E-state index contributed by atoms with van der Waals surface area (Å²) in [7, 11) is 0. The van der Waals surface area contributed by atoms with Crippen molar-refractivity contribution >= 4 is 11.6 Å². The fourth-order valence-electron chi connectivity index (χ4n) is 5.16. The summed E-state index contributed by atoms with van der Waals surface area (Å²) in [6.45, 7) is 2.98. The molecular formula is C22H25F2N5O2. The Bertz CT molecular complexity index is 986. The van der Waals surface area contributed by atoms with Crippen LogP contribution in [0.4, 0.5) is 20.4 Å². The van der Waals surface area contributed by atoms with Crippen LogP contribution >= 0.6 is 0 Å². The van der Waals surface area contributed by atoms with Crippen LogP contribution in [0.3, 0.4) is 0 Å². The fraction of sp³-hybridized carbons (Fsp3) is 0.545. The van der Waals surface area contributed by atoms with Crippen LogP contribution in [-0.2, 0) is 4.74 Å². The molecule has 0 bridgehead atoms. The van der Waals surface area contributed by atoms with E-state index in [1.54, 1.807) is 6.20 Å². The Morgan fingerprint density at radius 3 is 2.52 bits per heavy atom. The van der Waals surface area contributed by atoms with Crippen LogP contribution in [0.25, 0.3) is 11.3 Å². The van der Waals surface area contributed by atoms with Gasteiger partial charge in [-0.1, -0.05) is 0 Å². The molecule has 0 amide bonds. The summed E-state index contributed by atoms with van der Waals surface area (Å²) in [4.78, 5) is 13.7. The van der Waals surface area contributed by atoms with Crippen LogP contribution in [0.1, 0.15) is 17.9 Å². The molecule has 164 valence electrons. The number of fused-ring (bicyclic) bond motifs is 1. The molecule has 2 aromatic rings. The molecule has 2 aromatic heterocycles. The van der Waals surface area contributed by atoms with Gasteiger partial charge >= 0.3 is 6.61 Å². The van der Waals surface area contributed by atoms with Crippen LogP contribution in [0, 0.1) is 11.8 Å². The lowest BCUT2D eigenvalue weighted by atomic mass is 10.0. The smallest absolute Gasteiger partial charge is 0.387 e. The topological polar surface area (TPSA) is 76.7 Å². The zero-order chi connectivity index (χ0) is 21.1. The Morgan fingerprint density at radius 2 is 1.90 bits per heavy atom. The first-order valence-corrected chi connectivity index (χ1v) is 10.9. The molecule has 5 heterocycles. The van der Waals surface area contributed by atoms with Crippen LogP contribution in [-0.4, -0.2) is 66.9 Å². The van der Waals surface area contributed by atoms with E-state index in [1.165, 1.54) is 11.6 Å². The van der Waals surface area contributed by atoms with Crippen molar-refractivity contribution in [1.82, 2.24) is 14.9 Å². The van der Waals surface area contributed by atoms with E-state index in [4.69, 9.17) is 15.5 Å². The van der Waals surface area contributed by atoms with Gasteiger partial charge in [-0.05, 0) is 47.9 Å². The van der Waals surface area contributed by atoms with Gasteiger partial charge < -0.3 is 20.1 Å². The number of hydrogen-bond donors (Lipinski definition) is 1. The fourth-order valence-corrected chi connectivity index (χ4v) is 5.16. The lowest BCUT2D eigenvalue weighted by molar-refractivity contribution is -0.0609. The van der Waals surface area contributed by atoms with Crippen molar-refractivity contribution in [2.75, 3.05) is 50.0 Å². The molecule has 3 aliphatic heterocycles. The first-order valence-electron chi connectivity index (χ1n) is 10.9. The number of piperidine rings is 1. The SMILES string of the molecule is Nc1ncc(-c2cc(C3[C@H]4CN(C5COC5)C[C@@H]34)cc(N3CCC3)n2)cc1OC(F)F. The number of aromatic nitrogens is 2. The number of halogens is 2. The minimum absolute atomic E-state index is 0.0556. The van der Waals surface area contributed by atoms with Crippen molar-refractivity contribution in [2.45, 2.75) is 25.0 Å². The van der Waals surface area contributed by atoms with Crippen LogP contribution in [0.15, 0.2) is 24.4 Å². The summed E-state index contributed by atoms with van der Waals surface area (Å²) in [5, 5.41) is 0. The third-order valence-corrected chi connectivity index (χ3v) is 7.15. The zero-order valence-corrected chi connectivity index (χ0v) is 17.1. The van der Waals surface area contributed by atoms with E-state index in [2.05, 4.69) is 31.7 Å². The average Bonchev–Trinajstić information content (AvgIpc) is 3.15. The van der Waals surface area contributed by atoms with Crippen molar-refractivity contribution in [3.05, 3.63) is 30.0 Å². The lowest BCUT2D eigenvalue weighted by Gasteiger charge is -2.36. The molecule has 6 rings (SSSR count). The molecule has 1 saturated carbocycles. The molecule has 3 atom stereocenters. The van der Waals surface area contributed by atoms with Gasteiger partial charge in [0.1, 0.15) is 5.82 Å². The standard InChI is InChI=1S/C22H25F2N5O2/c23-22(24)31-18-5-13(7-26-21(18)25)17-4-12(6-19(27-17)28-2-1-3-28)20-15-8-29(9-16(15)20)14-10-30-11-14/h4-7,14-16,20,22H,1-3,8-11H2,(H2,25,26)/t15-,16+,20?. The Hall–Kier alpha value is -2.52. The maximum Gasteiger partial charge on any atom is 0.387 e. The highest BCUT2D eigenvalue weighted by Crippen LogP contribution is 2.59. The van der Waals surface area contributed by atoms with Crippen molar-refractivity contribution in [1.29, 1.82) is 0 Å². The number of anilines is 2. The quantitative estimate of drug-likeness (QED) is 0.756. The third-order valence-electron chi connectivity index (χ3n) is 7.15. The third kappa shape index (κ3) is 3.40. The summed E-state index contributed by atoms with van der Waals surface area (Å²) in [5.41, 5.74) is 8.35. The summed E-state index contributed by atoms with van der Waals surface area (Å²) in [6.07, 6.45) is 2.73. The Balaban J connectivity index is 1.30. The second-order valence-corrected chi connectivity index (χ2v) is 8.97. The first-order chi connectivity index (χ1) is 15.1. The minimum atomic E-state index is -2.95. The number of nitrogens with two attached hydrogens (primary N) is 1. The van der Waals surface area contributed by atoms with Gasteiger partial charge in [0.25, 0.3) is 0 Å². The molecule has 4 aliphatic rings. The number of nitrogen functional groups attached to an aromatic ring is 1. The van der Waals surface area contributed by atoms with Gasteiger partial charge in [-0.2, -0.15) is 8.78 Å². The average molecular weight is 429 g/mol. The highest BCUT2D eigenvalue weighted by Gasteiger charge is 2.57. The largest absolute Gasteiger partial charge is 0.431 e. The maximum atomic E-state index is 12.7. The van der Waals surface area contributed by atoms with E-state index in [-0.39, 0.29) is 11.6 Å². The van der Waals surface area contributed by atoms with Gasteiger partial charge in [-0.25, -0.2) is 9.97 Å². The number of hydrogen-bond acceptors (Lipinski definition) is 7. The first kappa shape index (κ1) is 19.2. The number of alkyl halides is 2. The van der Waals surface area contributed by atoms with Crippen LogP contribution < -0.4 is 15.4 Å². The number of ether oxygens (including phenoxy) is 2. The summed E-state index contributed by atoms with van der Waals surface area (Å²) < 4.78 is 35.4. The number of likely N-dealkylation sites (tertiary alicyclic amines) is 1. The molecule has 7 nitrogen and oxygen atoms in total. The molecule has 4 fully saturated rings. The molecule has 1 aliphatic carbocycles. The Morgan fingerprint density at radius 1 is 1.13 bits per heavy atom. The Labute approximate surface area is 179 Å². The van der Waals surface area contributed by atoms with E-state index in [0.717, 1.165) is 57.3 Å². The molecular weight excluding hydrogens is 404 g/mol. The molecule has 0 radical (unpaired) electrons. The van der Waals surface area contributed by atoms with Crippen molar-refractivity contribution in [3.8, 4) is 17.0 Å². The second-order valence-electron chi connectivity index (χ2n) is 8.97. The van der Waals surface area contributed by atoms with Crippen molar-refractivity contribution < 1.29 is 18.3 Å². The molecule has 9 heteroatoms. The van der Waals surface area contributed by atoms with Gasteiger partial charge in [0.05, 0.1) is 24.9 Å². The highest BCUT2D eigenvalue weighted by atomic mass is 19.3. The van der Waals surface area contributed by atoms with E-state index < -0.39 is 6.61 Å². The monoisotopic (exact) mass is 429 g/mol. The second kappa shape index (κ2) is 7.27. The van der Waals surface area contributed by atoms with E-state index in [9.17, 15) is 8.78 Å².